The van der Waals surface area contributed by atoms with Gasteiger partial charge in [0.2, 0.25) is 0 Å². The minimum atomic E-state index is -7.26. The zero-order valence-corrected chi connectivity index (χ0v) is 9.47. The molecule has 0 aliphatic heterocycles. The Balaban J connectivity index is 6.65. The summed E-state index contributed by atoms with van der Waals surface area (Å²) in [5.74, 6) is 0. The second kappa shape index (κ2) is 4.58. The SMILES string of the molecule is N#CO[P-](OC#N)(OC#N)(OC#N)(OC#N)OC#N. The molecule has 96 valence electrons. The molecular formula is C6N6O6P-. The molecule has 0 rings (SSSR count). The van der Waals surface area contributed by atoms with Crippen molar-refractivity contribution in [2.45, 2.75) is 0 Å². The Kier molecular flexibility index (Phi) is 3.66. The first-order valence-corrected chi connectivity index (χ1v) is 5.85. The van der Waals surface area contributed by atoms with Crippen LogP contribution < -0.4 is 0 Å². The Hall–Kier alpha value is -3.83. The molecule has 0 fully saturated rings. The summed E-state index contributed by atoms with van der Waals surface area (Å²) in [6, 6.07) is 0. The van der Waals surface area contributed by atoms with Gasteiger partial charge in [-0.05, 0) is 0 Å². The number of hydrogen-bond donors (Lipinski definition) is 0. The van der Waals surface area contributed by atoms with Crippen LogP contribution in [0.3, 0.4) is 0 Å². The fourth-order valence-corrected chi connectivity index (χ4v) is 2.34. The van der Waals surface area contributed by atoms with E-state index in [1.54, 1.807) is 0 Å². The Labute approximate surface area is 104 Å². The van der Waals surface area contributed by atoms with Gasteiger partial charge < -0.3 is 0 Å². The molecule has 0 amide bonds. The van der Waals surface area contributed by atoms with Gasteiger partial charge in [-0.25, -0.2) is 0 Å². The Bertz CT molecular complexity index is 475. The van der Waals surface area contributed by atoms with Crippen LogP contribution in [-0.4, -0.2) is 0 Å². The van der Waals surface area contributed by atoms with Crippen molar-refractivity contribution in [1.82, 2.24) is 0 Å². The van der Waals surface area contributed by atoms with Crippen LogP contribution in [0.15, 0.2) is 0 Å². The molecule has 0 N–H and O–H groups in total. The van der Waals surface area contributed by atoms with Crippen LogP contribution in [0.5, 0.6) is 0 Å². The van der Waals surface area contributed by atoms with E-state index in [1.165, 1.54) is 0 Å². The van der Waals surface area contributed by atoms with Crippen LogP contribution in [-0.2, 0) is 27.1 Å². The molecule has 0 atom stereocenters. The van der Waals surface area contributed by atoms with Gasteiger partial charge in [0, 0.05) is 0 Å². The van der Waals surface area contributed by atoms with E-state index in [-0.39, 0.29) is 0 Å². The first-order valence-electron chi connectivity index (χ1n) is 3.66. The van der Waals surface area contributed by atoms with Gasteiger partial charge in [0.15, 0.2) is 0 Å². The van der Waals surface area contributed by atoms with Crippen LogP contribution in [0.1, 0.15) is 0 Å². The van der Waals surface area contributed by atoms with E-state index in [4.69, 9.17) is 31.6 Å². The minimum absolute atomic E-state index is 0.794. The number of nitriles is 6. The van der Waals surface area contributed by atoms with E-state index < -0.39 is 7.31 Å². The fraction of sp³-hybridized carbons (Fsp3) is 0. The summed E-state index contributed by atoms with van der Waals surface area (Å²) in [6.45, 7) is 0. The van der Waals surface area contributed by atoms with Crippen molar-refractivity contribution < 1.29 is 27.1 Å². The Morgan fingerprint density at radius 2 is 0.579 bits per heavy atom. The summed E-state index contributed by atoms with van der Waals surface area (Å²) in [7, 11) is -7.26. The summed E-state index contributed by atoms with van der Waals surface area (Å²) in [6.07, 6.45) is 4.77. The second-order valence-electron chi connectivity index (χ2n) is 2.21. The van der Waals surface area contributed by atoms with Gasteiger partial charge in [-0.1, -0.05) is 0 Å². The normalized spacial score (nSPS) is 11.7. The summed E-state index contributed by atoms with van der Waals surface area (Å²) < 4.78 is 24.2. The van der Waals surface area contributed by atoms with E-state index in [0.29, 0.717) is 0 Å². The molecule has 0 unspecified atom stereocenters. The predicted octanol–water partition coefficient (Wildman–Crippen LogP) is 0.551. The molecule has 0 heterocycles. The first-order chi connectivity index (χ1) is 8.97. The zero-order valence-electron chi connectivity index (χ0n) is 8.58. The van der Waals surface area contributed by atoms with Crippen LogP contribution in [0.25, 0.3) is 0 Å². The van der Waals surface area contributed by atoms with Crippen molar-refractivity contribution in [2.24, 2.45) is 0 Å². The summed E-state index contributed by atoms with van der Waals surface area (Å²) in [5, 5.41) is 50.9. The Morgan fingerprint density at radius 1 is 0.421 bits per heavy atom. The van der Waals surface area contributed by atoms with Crippen molar-refractivity contribution in [3.63, 3.8) is 0 Å². The van der Waals surface area contributed by atoms with Gasteiger partial charge in [-0.15, -0.1) is 0 Å². The van der Waals surface area contributed by atoms with E-state index in [2.05, 4.69) is 27.1 Å². The maximum atomic E-state index is 8.48. The number of nitrogens with zero attached hydrogens (tertiary/aromatic N) is 6. The summed E-state index contributed by atoms with van der Waals surface area (Å²) >= 11 is 0. The standard InChI is InChI=1S/C6N6O6P/c7-1-13-19(14-2-8,15-3-9,16-4-10,17-5-11)18-6-12/q-1. The van der Waals surface area contributed by atoms with E-state index in [9.17, 15) is 0 Å². The summed E-state index contributed by atoms with van der Waals surface area (Å²) in [4.78, 5) is 0. The van der Waals surface area contributed by atoms with Crippen molar-refractivity contribution in [3.05, 3.63) is 0 Å². The molecular weight excluding hydrogens is 283 g/mol. The molecule has 0 aromatic carbocycles. The quantitative estimate of drug-likeness (QED) is 0.484. The van der Waals surface area contributed by atoms with Crippen molar-refractivity contribution >= 4 is 7.31 Å². The third-order valence-electron chi connectivity index (χ3n) is 1.36. The van der Waals surface area contributed by atoms with E-state index in [0.717, 1.165) is 37.5 Å². The fourth-order valence-electron chi connectivity index (χ4n) is 0.780. The van der Waals surface area contributed by atoms with Gasteiger partial charge >= 0.3 is 104 Å². The van der Waals surface area contributed by atoms with Crippen LogP contribution >= 0.6 is 7.31 Å². The van der Waals surface area contributed by atoms with E-state index >= 15 is 0 Å². The van der Waals surface area contributed by atoms with Gasteiger partial charge in [0.25, 0.3) is 0 Å². The third kappa shape index (κ3) is 2.03. The molecule has 0 radical (unpaired) electrons. The van der Waals surface area contributed by atoms with Gasteiger partial charge in [-0.3, -0.25) is 0 Å². The molecule has 0 aliphatic carbocycles. The molecule has 0 spiro atoms. The zero-order chi connectivity index (χ0) is 14.9. The molecule has 0 aromatic heterocycles. The number of rotatable bonds is 6. The Morgan fingerprint density at radius 3 is 0.684 bits per heavy atom. The third-order valence-corrected chi connectivity index (χ3v) is 4.09. The molecule has 12 nitrogen and oxygen atoms in total. The van der Waals surface area contributed by atoms with Crippen LogP contribution in [0.2, 0.25) is 0 Å². The van der Waals surface area contributed by atoms with Crippen molar-refractivity contribution in [3.8, 4) is 37.5 Å². The average Bonchev–Trinajstić information content (AvgIpc) is 2.31. The average molecular weight is 283 g/mol. The van der Waals surface area contributed by atoms with Crippen molar-refractivity contribution in [2.75, 3.05) is 0 Å². The topological polar surface area (TPSA) is 198 Å². The molecule has 0 bridgehead atoms. The number of hydrogen-bond acceptors (Lipinski definition) is 12. The molecule has 19 heavy (non-hydrogen) atoms. The molecule has 0 aromatic rings. The maximum absolute atomic E-state index is 8.48. The predicted molar refractivity (Wildman–Crippen MR) is 47.1 cm³/mol. The molecule has 13 heteroatoms. The van der Waals surface area contributed by atoms with Crippen LogP contribution in [0.4, 0.5) is 0 Å². The second-order valence-corrected chi connectivity index (χ2v) is 5.54. The molecule has 0 saturated heterocycles. The van der Waals surface area contributed by atoms with E-state index in [1.807, 2.05) is 0 Å². The summed E-state index contributed by atoms with van der Waals surface area (Å²) in [5.41, 5.74) is 0. The van der Waals surface area contributed by atoms with Gasteiger partial charge in [0.05, 0.1) is 0 Å². The molecule has 0 saturated carbocycles. The van der Waals surface area contributed by atoms with Gasteiger partial charge in [0.1, 0.15) is 0 Å². The van der Waals surface area contributed by atoms with Crippen molar-refractivity contribution in [1.29, 1.82) is 31.6 Å². The van der Waals surface area contributed by atoms with Gasteiger partial charge in [-0.2, -0.15) is 0 Å². The first kappa shape index (κ1) is 15.2. The monoisotopic (exact) mass is 283 g/mol. The molecule has 0 aliphatic rings. The van der Waals surface area contributed by atoms with Crippen LogP contribution in [0, 0.1) is 69.1 Å².